The lowest BCUT2D eigenvalue weighted by atomic mass is 9.99. The largest absolute Gasteiger partial charge is 0.472 e. The molecule has 0 heterocycles. The van der Waals surface area contributed by atoms with E-state index in [2.05, 4.69) is 41.5 Å². The number of aliphatic hydroxyl groups excluding tert-OH is 1. The highest BCUT2D eigenvalue weighted by Gasteiger charge is 2.30. The topological polar surface area (TPSA) is 237 Å². The Morgan fingerprint density at radius 3 is 0.780 bits per heavy atom. The number of carbonyl (C=O) groups is 4. The summed E-state index contributed by atoms with van der Waals surface area (Å²) in [4.78, 5) is 72.6. The number of hydrogen-bond acceptors (Lipinski definition) is 15. The van der Waals surface area contributed by atoms with Gasteiger partial charge in [-0.2, -0.15) is 0 Å². The first-order chi connectivity index (χ1) is 43.9. The molecule has 0 bridgehead atoms. The van der Waals surface area contributed by atoms with Gasteiger partial charge in [0.1, 0.15) is 19.3 Å². The number of rotatable bonds is 71. The van der Waals surface area contributed by atoms with Gasteiger partial charge in [-0.1, -0.05) is 318 Å². The van der Waals surface area contributed by atoms with Gasteiger partial charge >= 0.3 is 39.5 Å². The lowest BCUT2D eigenvalue weighted by molar-refractivity contribution is -0.161. The first-order valence-electron chi connectivity index (χ1n) is 37.6. The molecule has 91 heavy (non-hydrogen) atoms. The summed E-state index contributed by atoms with van der Waals surface area (Å²) in [7, 11) is -9.90. The molecule has 0 aliphatic carbocycles. The van der Waals surface area contributed by atoms with E-state index in [0.29, 0.717) is 25.7 Å². The summed E-state index contributed by atoms with van der Waals surface area (Å²) in [5, 5.41) is 10.6. The molecule has 0 aromatic rings. The second kappa shape index (κ2) is 64.1. The van der Waals surface area contributed by atoms with Crippen LogP contribution in [0.5, 0.6) is 0 Å². The Kier molecular flexibility index (Phi) is 62.7. The Morgan fingerprint density at radius 2 is 0.527 bits per heavy atom. The van der Waals surface area contributed by atoms with E-state index in [1.165, 1.54) is 180 Å². The van der Waals surface area contributed by atoms with Crippen LogP contribution >= 0.6 is 15.6 Å². The van der Waals surface area contributed by atoms with E-state index in [0.717, 1.165) is 108 Å². The van der Waals surface area contributed by atoms with Crippen molar-refractivity contribution < 1.29 is 80.2 Å². The molecule has 0 saturated carbocycles. The lowest BCUT2D eigenvalue weighted by Crippen LogP contribution is -2.30. The van der Waals surface area contributed by atoms with Gasteiger partial charge in [-0.3, -0.25) is 37.3 Å². The van der Waals surface area contributed by atoms with Crippen molar-refractivity contribution in [2.75, 3.05) is 39.6 Å². The summed E-state index contributed by atoms with van der Waals surface area (Å²) < 4.78 is 68.4. The van der Waals surface area contributed by atoms with Gasteiger partial charge in [-0.15, -0.1) is 0 Å². The molecule has 0 aliphatic rings. The van der Waals surface area contributed by atoms with Gasteiger partial charge in [0.25, 0.3) is 0 Å². The van der Waals surface area contributed by atoms with E-state index in [9.17, 15) is 43.2 Å². The van der Waals surface area contributed by atoms with Crippen molar-refractivity contribution in [2.45, 2.75) is 387 Å². The Balaban J connectivity index is 5.26. The third kappa shape index (κ3) is 63.9. The van der Waals surface area contributed by atoms with Gasteiger partial charge in [0.15, 0.2) is 12.2 Å². The van der Waals surface area contributed by atoms with Crippen molar-refractivity contribution in [3.05, 3.63) is 0 Å². The summed E-state index contributed by atoms with van der Waals surface area (Å²) in [5.74, 6) is -0.621. The molecular formula is C72H140O17P2. The summed E-state index contributed by atoms with van der Waals surface area (Å²) in [5.41, 5.74) is 0. The molecular weight excluding hydrogens is 1200 g/mol. The predicted octanol–water partition coefficient (Wildman–Crippen LogP) is 20.8. The summed E-state index contributed by atoms with van der Waals surface area (Å²) in [6, 6.07) is 0. The first kappa shape index (κ1) is 89.1. The maximum Gasteiger partial charge on any atom is 0.472 e. The minimum absolute atomic E-state index is 0.104. The van der Waals surface area contributed by atoms with Crippen molar-refractivity contribution >= 4 is 39.5 Å². The summed E-state index contributed by atoms with van der Waals surface area (Å²) in [6.45, 7) is 9.53. The third-order valence-electron chi connectivity index (χ3n) is 17.4. The zero-order chi connectivity index (χ0) is 67.2. The molecule has 0 spiro atoms. The molecule has 19 heteroatoms. The van der Waals surface area contributed by atoms with Crippen LogP contribution in [0.4, 0.5) is 0 Å². The normalized spacial score (nSPS) is 14.7. The van der Waals surface area contributed by atoms with Crippen LogP contribution in [0, 0.1) is 11.8 Å². The van der Waals surface area contributed by atoms with Crippen molar-refractivity contribution in [3.8, 4) is 0 Å². The molecule has 0 rings (SSSR count). The highest BCUT2D eigenvalue weighted by Crippen LogP contribution is 2.45. The van der Waals surface area contributed by atoms with Crippen molar-refractivity contribution in [1.29, 1.82) is 0 Å². The minimum Gasteiger partial charge on any atom is -0.462 e. The Morgan fingerprint density at radius 1 is 0.308 bits per heavy atom. The molecule has 4 unspecified atom stereocenters. The van der Waals surface area contributed by atoms with Crippen LogP contribution in [0.25, 0.3) is 0 Å². The van der Waals surface area contributed by atoms with Crippen LogP contribution in [0.15, 0.2) is 0 Å². The number of aliphatic hydroxyl groups is 1. The fraction of sp³-hybridized carbons (Fsp3) is 0.944. The number of carbonyl (C=O) groups excluding carboxylic acids is 4. The minimum atomic E-state index is -4.95. The van der Waals surface area contributed by atoms with Crippen molar-refractivity contribution in [2.24, 2.45) is 11.8 Å². The Bertz CT molecular complexity index is 1770. The van der Waals surface area contributed by atoms with Crippen molar-refractivity contribution in [3.63, 3.8) is 0 Å². The standard InChI is InChI=1S/C72H140O17P2/c1-7-11-13-15-17-19-21-23-25-27-29-31-36-44-50-56-71(76)88-67(60-82-69(74)54-48-42-35-30-28-26-24-22-20-18-16-14-12-8-2)62-86-90(78,79)84-58-66(73)59-85-91(80,81)87-63-68(61-83-70(75)55-49-43-39-38-41-47-53-65(6)10-4)89-72(77)57-51-45-37-33-32-34-40-46-52-64(5)9-3/h64-68,73H,7-63H2,1-6H3,(H,78,79)(H,80,81)/t64?,65?,66-,67-,68-/m1/s1. The van der Waals surface area contributed by atoms with E-state index < -0.39 is 97.5 Å². The number of unbranched alkanes of at least 4 members (excludes halogenated alkanes) is 39. The maximum absolute atomic E-state index is 13.0. The van der Waals surface area contributed by atoms with Crippen LogP contribution in [0.2, 0.25) is 0 Å². The monoisotopic (exact) mass is 1340 g/mol. The summed E-state index contributed by atoms with van der Waals surface area (Å²) >= 11 is 0. The van der Waals surface area contributed by atoms with E-state index >= 15 is 0 Å². The lowest BCUT2D eigenvalue weighted by Gasteiger charge is -2.21. The van der Waals surface area contributed by atoms with Crippen LogP contribution in [-0.4, -0.2) is 96.7 Å². The molecule has 7 atom stereocenters. The molecule has 0 saturated heterocycles. The second-order valence-corrected chi connectivity index (χ2v) is 29.4. The summed E-state index contributed by atoms with van der Waals surface area (Å²) in [6.07, 6.45) is 49.8. The maximum atomic E-state index is 13.0. The zero-order valence-corrected chi connectivity index (χ0v) is 60.9. The second-order valence-electron chi connectivity index (χ2n) is 26.5. The molecule has 0 amide bonds. The van der Waals surface area contributed by atoms with E-state index in [4.69, 9.17) is 37.0 Å². The van der Waals surface area contributed by atoms with Gasteiger partial charge < -0.3 is 33.8 Å². The smallest absolute Gasteiger partial charge is 0.462 e. The Labute approximate surface area is 556 Å². The zero-order valence-electron chi connectivity index (χ0n) is 59.1. The number of hydrogen-bond donors (Lipinski definition) is 3. The molecule has 0 fully saturated rings. The number of ether oxygens (including phenoxy) is 4. The number of phosphoric ester groups is 2. The average Bonchev–Trinajstić information content (AvgIpc) is 3.66. The van der Waals surface area contributed by atoms with Crippen molar-refractivity contribution in [1.82, 2.24) is 0 Å². The highest BCUT2D eigenvalue weighted by atomic mass is 31.2. The van der Waals surface area contributed by atoms with Crippen LogP contribution < -0.4 is 0 Å². The molecule has 0 aromatic carbocycles. The average molecular weight is 1340 g/mol. The third-order valence-corrected chi connectivity index (χ3v) is 19.3. The fourth-order valence-corrected chi connectivity index (χ4v) is 12.5. The predicted molar refractivity (Wildman–Crippen MR) is 368 cm³/mol. The van der Waals surface area contributed by atoms with Gasteiger partial charge in [0.05, 0.1) is 26.4 Å². The van der Waals surface area contributed by atoms with Gasteiger partial charge in [0.2, 0.25) is 0 Å². The van der Waals surface area contributed by atoms with Crippen LogP contribution in [0.3, 0.4) is 0 Å². The Hall–Kier alpha value is -1.94. The number of esters is 4. The van der Waals surface area contributed by atoms with Gasteiger partial charge in [-0.05, 0) is 37.5 Å². The van der Waals surface area contributed by atoms with E-state index in [-0.39, 0.29) is 25.7 Å². The van der Waals surface area contributed by atoms with Crippen LogP contribution in [0.1, 0.15) is 369 Å². The van der Waals surface area contributed by atoms with Crippen LogP contribution in [-0.2, 0) is 65.4 Å². The SMILES string of the molecule is CCCCCCCCCCCCCCCCCC(=O)O[C@H](COC(=O)CCCCCCCCCCCCCCCC)COP(=O)(O)OC[C@@H](O)COP(=O)(O)OC[C@@H](COC(=O)CCCCCCCCC(C)CC)OC(=O)CCCCCCCCCCC(C)CC. The van der Waals surface area contributed by atoms with E-state index in [1.807, 2.05) is 0 Å². The fourth-order valence-electron chi connectivity index (χ4n) is 10.9. The molecule has 17 nitrogen and oxygen atoms in total. The highest BCUT2D eigenvalue weighted by molar-refractivity contribution is 7.47. The van der Waals surface area contributed by atoms with Gasteiger partial charge in [-0.25, -0.2) is 9.13 Å². The number of phosphoric acid groups is 2. The van der Waals surface area contributed by atoms with Gasteiger partial charge in [0, 0.05) is 25.7 Å². The molecule has 0 aromatic heterocycles. The van der Waals surface area contributed by atoms with E-state index in [1.54, 1.807) is 0 Å². The molecule has 540 valence electrons. The molecule has 0 radical (unpaired) electrons. The molecule has 0 aliphatic heterocycles. The first-order valence-corrected chi connectivity index (χ1v) is 40.6. The molecule has 3 N–H and O–H groups in total. The quantitative estimate of drug-likeness (QED) is 0.0222.